The van der Waals surface area contributed by atoms with Crippen LogP contribution in [0.3, 0.4) is 0 Å². The molecule has 0 radical (unpaired) electrons. The fourth-order valence-electron chi connectivity index (χ4n) is 3.48. The highest BCUT2D eigenvalue weighted by Gasteiger charge is 2.14. The topological polar surface area (TPSA) is 102 Å². The summed E-state index contributed by atoms with van der Waals surface area (Å²) in [5, 5.41) is 16.8. The van der Waals surface area contributed by atoms with Crippen molar-refractivity contribution in [3.63, 3.8) is 0 Å². The molecule has 2 aromatic carbocycles. The smallest absolute Gasteiger partial charge is 0.267 e. The molecule has 1 N–H and O–H groups in total. The van der Waals surface area contributed by atoms with Gasteiger partial charge >= 0.3 is 0 Å². The average molecular weight is 442 g/mol. The van der Waals surface area contributed by atoms with Crippen LogP contribution in [0.2, 0.25) is 0 Å². The minimum atomic E-state index is -0.554. The fraction of sp³-hybridized carbons (Fsp3) is 0.160. The molecule has 33 heavy (non-hydrogen) atoms. The predicted octanol–water partition coefficient (Wildman–Crippen LogP) is 4.57. The van der Waals surface area contributed by atoms with Crippen molar-refractivity contribution >= 4 is 28.7 Å². The molecular formula is C25H22N4O4. The zero-order chi connectivity index (χ0) is 23.2. The quantitative estimate of drug-likeness (QED) is 0.317. The minimum Gasteiger partial charge on any atom is -0.493 e. The molecule has 166 valence electrons. The molecule has 2 heterocycles. The van der Waals surface area contributed by atoms with Crippen molar-refractivity contribution in [3.8, 4) is 17.6 Å². The number of benzene rings is 2. The number of aryl methyl sites for hydroxylation is 1. The molecule has 8 nitrogen and oxygen atoms in total. The van der Waals surface area contributed by atoms with Crippen molar-refractivity contribution in [2.75, 3.05) is 19.0 Å². The van der Waals surface area contributed by atoms with E-state index >= 15 is 0 Å². The lowest BCUT2D eigenvalue weighted by Gasteiger charge is -2.11. The first-order valence-corrected chi connectivity index (χ1v) is 10.3. The van der Waals surface area contributed by atoms with Crippen LogP contribution in [0.5, 0.6) is 11.5 Å². The number of hydrogen-bond donors (Lipinski definition) is 1. The van der Waals surface area contributed by atoms with Crippen LogP contribution in [0.4, 0.5) is 5.82 Å². The van der Waals surface area contributed by atoms with Crippen molar-refractivity contribution in [1.29, 1.82) is 5.26 Å². The van der Waals surface area contributed by atoms with E-state index < -0.39 is 5.91 Å². The third kappa shape index (κ3) is 4.88. The van der Waals surface area contributed by atoms with Crippen LogP contribution in [-0.2, 0) is 11.3 Å². The number of para-hydroxylation sites is 3. The van der Waals surface area contributed by atoms with Gasteiger partial charge in [-0.3, -0.25) is 4.79 Å². The number of amides is 1. The summed E-state index contributed by atoms with van der Waals surface area (Å²) < 4.78 is 18.2. The summed E-state index contributed by atoms with van der Waals surface area (Å²) in [6.45, 7) is 2.70. The van der Waals surface area contributed by atoms with Crippen molar-refractivity contribution in [3.05, 3.63) is 77.7 Å². The lowest BCUT2D eigenvalue weighted by molar-refractivity contribution is -0.112. The van der Waals surface area contributed by atoms with E-state index in [9.17, 15) is 10.1 Å². The lowest BCUT2D eigenvalue weighted by Crippen LogP contribution is -2.13. The second-order valence-electron chi connectivity index (χ2n) is 7.24. The number of carbonyl (C=O) groups is 1. The van der Waals surface area contributed by atoms with E-state index in [-0.39, 0.29) is 11.4 Å². The number of fused-ring (bicyclic) bond motifs is 1. The molecule has 0 aliphatic rings. The van der Waals surface area contributed by atoms with Crippen molar-refractivity contribution in [2.45, 2.75) is 13.5 Å². The first-order valence-electron chi connectivity index (χ1n) is 10.3. The van der Waals surface area contributed by atoms with E-state index in [1.54, 1.807) is 26.2 Å². The number of carbonyl (C=O) groups excluding carboxylic acids is 1. The van der Waals surface area contributed by atoms with Gasteiger partial charge < -0.3 is 23.9 Å². The summed E-state index contributed by atoms with van der Waals surface area (Å²) in [7, 11) is 1.60. The molecule has 0 aliphatic heterocycles. The number of hydrogen-bond acceptors (Lipinski definition) is 6. The maximum atomic E-state index is 12.6. The molecule has 0 spiro atoms. The highest BCUT2D eigenvalue weighted by atomic mass is 16.5. The molecule has 4 aromatic rings. The SMILES string of the molecule is COc1ccccc1OCCn1cc(/C=C(/C#N)C(=O)Nc2cc(C)on2)c2ccccc21. The zero-order valence-corrected chi connectivity index (χ0v) is 18.2. The maximum absolute atomic E-state index is 12.6. The van der Waals surface area contributed by atoms with E-state index in [2.05, 4.69) is 10.5 Å². The molecule has 0 atom stereocenters. The summed E-state index contributed by atoms with van der Waals surface area (Å²) in [4.78, 5) is 12.6. The molecule has 8 heteroatoms. The van der Waals surface area contributed by atoms with Gasteiger partial charge in [-0.05, 0) is 31.2 Å². The Hall–Kier alpha value is -4.51. The molecule has 0 bridgehead atoms. The highest BCUT2D eigenvalue weighted by molar-refractivity contribution is 6.10. The monoisotopic (exact) mass is 442 g/mol. The van der Waals surface area contributed by atoms with E-state index in [4.69, 9.17) is 14.0 Å². The number of methoxy groups -OCH3 is 1. The van der Waals surface area contributed by atoms with Gasteiger partial charge in [0, 0.05) is 28.7 Å². The molecular weight excluding hydrogens is 420 g/mol. The Morgan fingerprint density at radius 2 is 1.97 bits per heavy atom. The number of nitrogens with zero attached hydrogens (tertiary/aromatic N) is 3. The number of aromatic nitrogens is 2. The van der Waals surface area contributed by atoms with Crippen LogP contribution in [0.25, 0.3) is 17.0 Å². The second kappa shape index (κ2) is 9.75. The highest BCUT2D eigenvalue weighted by Crippen LogP contribution is 2.27. The van der Waals surface area contributed by atoms with Gasteiger partial charge in [0.05, 0.1) is 13.7 Å². The predicted molar refractivity (Wildman–Crippen MR) is 124 cm³/mol. The zero-order valence-electron chi connectivity index (χ0n) is 18.2. The van der Waals surface area contributed by atoms with Crippen molar-refractivity contribution < 1.29 is 18.8 Å². The Labute approximate surface area is 190 Å². The van der Waals surface area contributed by atoms with Crippen LogP contribution >= 0.6 is 0 Å². The van der Waals surface area contributed by atoms with Gasteiger partial charge in [0.15, 0.2) is 17.3 Å². The van der Waals surface area contributed by atoms with Gasteiger partial charge in [-0.2, -0.15) is 5.26 Å². The summed E-state index contributed by atoms with van der Waals surface area (Å²) in [6, 6.07) is 18.8. The lowest BCUT2D eigenvalue weighted by atomic mass is 10.1. The van der Waals surface area contributed by atoms with Gasteiger partial charge in [0.2, 0.25) is 0 Å². The Kier molecular flexibility index (Phi) is 6.41. The van der Waals surface area contributed by atoms with Crippen molar-refractivity contribution in [1.82, 2.24) is 9.72 Å². The van der Waals surface area contributed by atoms with Crippen LogP contribution in [0.1, 0.15) is 11.3 Å². The largest absolute Gasteiger partial charge is 0.493 e. The average Bonchev–Trinajstić information content (AvgIpc) is 3.40. The third-order valence-electron chi connectivity index (χ3n) is 5.01. The fourth-order valence-corrected chi connectivity index (χ4v) is 3.48. The molecule has 2 aromatic heterocycles. The van der Waals surface area contributed by atoms with Crippen LogP contribution < -0.4 is 14.8 Å². The standard InChI is InChI=1S/C25H22N4O4/c1-17-13-24(28-33-17)27-25(30)18(15-26)14-19-16-29(21-8-4-3-7-20(19)21)11-12-32-23-10-6-5-9-22(23)31-2/h3-10,13-14,16H,11-12H2,1-2H3,(H,27,28,30)/b18-14-. The molecule has 4 rings (SSSR count). The van der Waals surface area contributed by atoms with Crippen LogP contribution in [0.15, 0.2) is 70.9 Å². The second-order valence-corrected chi connectivity index (χ2v) is 7.24. The van der Waals surface area contributed by atoms with Crippen LogP contribution in [-0.4, -0.2) is 29.3 Å². The molecule has 1 amide bonds. The Morgan fingerprint density at radius 1 is 1.21 bits per heavy atom. The number of ether oxygens (including phenoxy) is 2. The van der Waals surface area contributed by atoms with Gasteiger partial charge in [-0.15, -0.1) is 0 Å². The first-order chi connectivity index (χ1) is 16.1. The number of nitriles is 1. The number of anilines is 1. The van der Waals surface area contributed by atoms with Gasteiger partial charge in [0.1, 0.15) is 24.0 Å². The van der Waals surface area contributed by atoms with E-state index in [0.717, 1.165) is 16.5 Å². The third-order valence-corrected chi connectivity index (χ3v) is 5.01. The Morgan fingerprint density at radius 3 is 2.70 bits per heavy atom. The Balaban J connectivity index is 1.56. The van der Waals surface area contributed by atoms with Gasteiger partial charge in [-0.25, -0.2) is 0 Å². The van der Waals surface area contributed by atoms with Crippen molar-refractivity contribution in [2.24, 2.45) is 0 Å². The summed E-state index contributed by atoms with van der Waals surface area (Å²) in [5.74, 6) is 1.61. The molecule has 0 saturated carbocycles. The molecule has 0 saturated heterocycles. The van der Waals surface area contributed by atoms with E-state index in [1.165, 1.54) is 0 Å². The summed E-state index contributed by atoms with van der Waals surface area (Å²) >= 11 is 0. The normalized spacial score (nSPS) is 11.2. The van der Waals surface area contributed by atoms with Gasteiger partial charge in [-0.1, -0.05) is 35.5 Å². The molecule has 0 fully saturated rings. The number of nitrogens with one attached hydrogen (secondary N) is 1. The first kappa shape index (κ1) is 21.7. The summed E-state index contributed by atoms with van der Waals surface area (Å²) in [6.07, 6.45) is 3.48. The molecule has 0 unspecified atom stereocenters. The van der Waals surface area contributed by atoms with Crippen LogP contribution in [0, 0.1) is 18.3 Å². The molecule has 0 aliphatic carbocycles. The van der Waals surface area contributed by atoms with E-state index in [0.29, 0.717) is 30.4 Å². The number of rotatable bonds is 8. The summed E-state index contributed by atoms with van der Waals surface area (Å²) in [5.41, 5.74) is 1.69. The van der Waals surface area contributed by atoms with Gasteiger partial charge in [0.25, 0.3) is 5.91 Å². The van der Waals surface area contributed by atoms with E-state index in [1.807, 2.05) is 65.4 Å². The minimum absolute atomic E-state index is 0.0381. The Bertz CT molecular complexity index is 1360. The maximum Gasteiger partial charge on any atom is 0.267 e.